The number of nitrogens with one attached hydrogen (secondary N) is 1. The van der Waals surface area contributed by atoms with Gasteiger partial charge in [-0.2, -0.15) is 0 Å². The zero-order valence-corrected chi connectivity index (χ0v) is 9.14. The molecule has 0 spiro atoms. The van der Waals surface area contributed by atoms with E-state index in [9.17, 15) is 9.90 Å². The van der Waals surface area contributed by atoms with Gasteiger partial charge in [-0.3, -0.25) is 4.79 Å². The summed E-state index contributed by atoms with van der Waals surface area (Å²) in [5, 5.41) is 11.8. The topological polar surface area (TPSA) is 84.6 Å². The zero-order chi connectivity index (χ0) is 12.0. The number of amides is 1. The van der Waals surface area contributed by atoms with Crippen molar-refractivity contribution >= 4 is 5.91 Å². The molecule has 5 heteroatoms. The molecule has 0 aliphatic heterocycles. The highest BCUT2D eigenvalue weighted by molar-refractivity contribution is 5.78. The summed E-state index contributed by atoms with van der Waals surface area (Å²) in [7, 11) is 1.56. The van der Waals surface area contributed by atoms with E-state index in [4.69, 9.17) is 10.5 Å². The van der Waals surface area contributed by atoms with Crippen molar-refractivity contribution in [2.45, 2.75) is 6.04 Å². The quantitative estimate of drug-likeness (QED) is 0.647. The largest absolute Gasteiger partial charge is 0.497 e. The van der Waals surface area contributed by atoms with Crippen LogP contribution in [0.4, 0.5) is 0 Å². The Morgan fingerprint density at radius 3 is 2.94 bits per heavy atom. The van der Waals surface area contributed by atoms with Crippen LogP contribution in [-0.2, 0) is 4.79 Å². The maximum absolute atomic E-state index is 11.1. The Morgan fingerprint density at radius 1 is 1.62 bits per heavy atom. The van der Waals surface area contributed by atoms with E-state index in [0.717, 1.165) is 5.56 Å². The molecule has 1 unspecified atom stereocenters. The number of hydrogen-bond acceptors (Lipinski definition) is 4. The highest BCUT2D eigenvalue weighted by Gasteiger charge is 2.12. The number of methoxy groups -OCH3 is 1. The van der Waals surface area contributed by atoms with Gasteiger partial charge in [0, 0.05) is 0 Å². The van der Waals surface area contributed by atoms with Gasteiger partial charge in [-0.1, -0.05) is 12.1 Å². The number of aliphatic hydroxyl groups is 1. The molecule has 0 saturated carbocycles. The summed E-state index contributed by atoms with van der Waals surface area (Å²) >= 11 is 0. The van der Waals surface area contributed by atoms with E-state index in [2.05, 4.69) is 5.32 Å². The lowest BCUT2D eigenvalue weighted by Crippen LogP contribution is -2.35. The molecule has 0 bridgehead atoms. The lowest BCUT2D eigenvalue weighted by Gasteiger charge is -2.16. The third kappa shape index (κ3) is 3.22. The van der Waals surface area contributed by atoms with Crippen molar-refractivity contribution in [3.8, 4) is 5.75 Å². The summed E-state index contributed by atoms with van der Waals surface area (Å²) in [6.07, 6.45) is 0. The van der Waals surface area contributed by atoms with Crippen LogP contribution in [-0.4, -0.2) is 31.3 Å². The smallest absolute Gasteiger partial charge is 0.234 e. The zero-order valence-electron chi connectivity index (χ0n) is 9.14. The average Bonchev–Trinajstić information content (AvgIpc) is 2.35. The summed E-state index contributed by atoms with van der Waals surface area (Å²) in [5.74, 6) is 0.375. The van der Waals surface area contributed by atoms with Crippen molar-refractivity contribution in [1.82, 2.24) is 5.32 Å². The molecule has 4 N–H and O–H groups in total. The highest BCUT2D eigenvalue weighted by Crippen LogP contribution is 2.18. The minimum absolute atomic E-state index is 0.0968. The van der Waals surface area contributed by atoms with Gasteiger partial charge in [-0.05, 0) is 17.7 Å². The van der Waals surface area contributed by atoms with Crippen molar-refractivity contribution in [1.29, 1.82) is 0 Å². The third-order valence-corrected chi connectivity index (χ3v) is 2.20. The van der Waals surface area contributed by atoms with Crippen LogP contribution < -0.4 is 15.8 Å². The number of ether oxygens (including phenoxy) is 1. The van der Waals surface area contributed by atoms with E-state index >= 15 is 0 Å². The normalized spacial score (nSPS) is 11.9. The summed E-state index contributed by atoms with van der Waals surface area (Å²) in [5.41, 5.74) is 5.97. The summed E-state index contributed by atoms with van der Waals surface area (Å²) < 4.78 is 5.06. The van der Waals surface area contributed by atoms with Gasteiger partial charge in [-0.25, -0.2) is 0 Å². The van der Waals surface area contributed by atoms with Gasteiger partial charge < -0.3 is 20.9 Å². The number of benzene rings is 1. The Bertz CT molecular complexity index is 355. The number of carbonyl (C=O) groups is 1. The van der Waals surface area contributed by atoms with Gasteiger partial charge in [0.1, 0.15) is 5.75 Å². The Balaban J connectivity index is 2.81. The molecule has 1 aromatic carbocycles. The second-order valence-electron chi connectivity index (χ2n) is 3.28. The number of nitrogens with two attached hydrogens (primary N) is 1. The van der Waals surface area contributed by atoms with E-state index < -0.39 is 6.04 Å². The van der Waals surface area contributed by atoms with Gasteiger partial charge in [0.15, 0.2) is 0 Å². The highest BCUT2D eigenvalue weighted by atomic mass is 16.5. The Morgan fingerprint density at radius 2 is 2.38 bits per heavy atom. The molecule has 0 fully saturated rings. The molecule has 1 aromatic rings. The van der Waals surface area contributed by atoms with E-state index in [1.165, 1.54) is 0 Å². The molecule has 0 aromatic heterocycles. The molecule has 1 atom stereocenters. The van der Waals surface area contributed by atoms with Gasteiger partial charge in [0.2, 0.25) is 5.91 Å². The number of hydrogen-bond donors (Lipinski definition) is 3. The van der Waals surface area contributed by atoms with E-state index in [1.807, 2.05) is 0 Å². The minimum Gasteiger partial charge on any atom is -0.497 e. The first-order chi connectivity index (χ1) is 7.71. The lowest BCUT2D eigenvalue weighted by molar-refractivity contribution is -0.120. The fraction of sp³-hybridized carbons (Fsp3) is 0.364. The molecule has 1 amide bonds. The second kappa shape index (κ2) is 6.09. The molecular formula is C11H16N2O3. The Kier molecular flexibility index (Phi) is 4.75. The molecule has 16 heavy (non-hydrogen) atoms. The van der Waals surface area contributed by atoms with Crippen molar-refractivity contribution in [3.05, 3.63) is 29.8 Å². The molecule has 0 radical (unpaired) electrons. The number of aliphatic hydroxyl groups excluding tert-OH is 1. The van der Waals surface area contributed by atoms with Crippen molar-refractivity contribution < 1.29 is 14.6 Å². The van der Waals surface area contributed by atoms with Crippen LogP contribution in [0.3, 0.4) is 0 Å². The first-order valence-corrected chi connectivity index (χ1v) is 4.95. The monoisotopic (exact) mass is 224 g/mol. The molecular weight excluding hydrogens is 208 g/mol. The van der Waals surface area contributed by atoms with Crippen LogP contribution in [0, 0.1) is 0 Å². The van der Waals surface area contributed by atoms with Crippen LogP contribution in [0.15, 0.2) is 24.3 Å². The fourth-order valence-corrected chi connectivity index (χ4v) is 1.35. The first kappa shape index (κ1) is 12.5. The molecule has 1 rings (SSSR count). The lowest BCUT2D eigenvalue weighted by atomic mass is 10.1. The van der Waals surface area contributed by atoms with Gasteiger partial charge in [0.25, 0.3) is 0 Å². The Labute approximate surface area is 94.2 Å². The van der Waals surface area contributed by atoms with Gasteiger partial charge >= 0.3 is 0 Å². The van der Waals surface area contributed by atoms with E-state index in [1.54, 1.807) is 31.4 Å². The van der Waals surface area contributed by atoms with Gasteiger partial charge in [-0.15, -0.1) is 0 Å². The van der Waals surface area contributed by atoms with Gasteiger partial charge in [0.05, 0.1) is 26.3 Å². The van der Waals surface area contributed by atoms with Crippen LogP contribution in [0.25, 0.3) is 0 Å². The van der Waals surface area contributed by atoms with Crippen LogP contribution in [0.2, 0.25) is 0 Å². The predicted molar refractivity (Wildman–Crippen MR) is 60.0 cm³/mol. The standard InChI is InChI=1S/C11H16N2O3/c1-16-9-4-2-3-8(5-9)10(7-14)13-11(15)6-12/h2-5,10,14H,6-7,12H2,1H3,(H,13,15). The first-order valence-electron chi connectivity index (χ1n) is 4.95. The molecule has 0 aliphatic rings. The maximum Gasteiger partial charge on any atom is 0.234 e. The Hall–Kier alpha value is -1.59. The van der Waals surface area contributed by atoms with Crippen LogP contribution >= 0.6 is 0 Å². The minimum atomic E-state index is -0.453. The maximum atomic E-state index is 11.1. The predicted octanol–water partition coefficient (Wildman–Crippen LogP) is -0.196. The number of carbonyl (C=O) groups excluding carboxylic acids is 1. The number of rotatable bonds is 5. The average molecular weight is 224 g/mol. The summed E-state index contributed by atoms with van der Waals surface area (Å²) in [6.45, 7) is -0.278. The summed E-state index contributed by atoms with van der Waals surface area (Å²) in [4.78, 5) is 11.1. The van der Waals surface area contributed by atoms with Crippen molar-refractivity contribution in [2.75, 3.05) is 20.3 Å². The molecule has 0 heterocycles. The summed E-state index contributed by atoms with van der Waals surface area (Å²) in [6, 6.07) is 6.71. The van der Waals surface area contributed by atoms with Crippen LogP contribution in [0.5, 0.6) is 5.75 Å². The van der Waals surface area contributed by atoms with Crippen molar-refractivity contribution in [2.24, 2.45) is 5.73 Å². The molecule has 5 nitrogen and oxygen atoms in total. The molecule has 0 aliphatic carbocycles. The molecule has 0 saturated heterocycles. The van der Waals surface area contributed by atoms with E-state index in [0.29, 0.717) is 5.75 Å². The SMILES string of the molecule is COc1cccc(C(CO)NC(=O)CN)c1. The van der Waals surface area contributed by atoms with Crippen LogP contribution in [0.1, 0.15) is 11.6 Å². The second-order valence-corrected chi connectivity index (χ2v) is 3.28. The molecule has 88 valence electrons. The van der Waals surface area contributed by atoms with E-state index in [-0.39, 0.29) is 19.1 Å². The van der Waals surface area contributed by atoms with Crippen molar-refractivity contribution in [3.63, 3.8) is 0 Å². The fourth-order valence-electron chi connectivity index (χ4n) is 1.35. The third-order valence-electron chi connectivity index (χ3n) is 2.20.